The topological polar surface area (TPSA) is 218 Å². The smallest absolute Gasteiger partial charge is 0.149 e. The predicted molar refractivity (Wildman–Crippen MR) is 271 cm³/mol. The normalized spacial score (nSPS) is 10.7. The fraction of sp³-hybridized carbons (Fsp3) is 0.0333. The Balaban J connectivity index is 0.000000443. The number of rotatable bonds is 4. The van der Waals surface area contributed by atoms with Crippen molar-refractivity contribution < 1.29 is 26.7 Å². The minimum atomic E-state index is 0. The van der Waals surface area contributed by atoms with E-state index in [1.54, 1.807) is 24.8 Å². The molecule has 0 saturated carbocycles. The number of nitriles is 4. The van der Waals surface area contributed by atoms with Crippen LogP contribution in [0, 0.1) is 69.0 Å². The zero-order valence-corrected chi connectivity index (χ0v) is 40.3. The summed E-state index contributed by atoms with van der Waals surface area (Å²) in [5, 5.41) is 57.2. The summed E-state index contributed by atoms with van der Waals surface area (Å²) in [7, 11) is 2.00. The van der Waals surface area contributed by atoms with Crippen LogP contribution in [0.1, 0.15) is 90.1 Å². The standard InChI is InChI=1S/C48H24N8.2C5H5N.2CH4O.Ni/c49-25-33-34(26-50)46-43(31-17-9-3-10-18-31)39-23-24-40(54-39)44(32-19-11-4-12-20-32)48-36(28-52)35(27-51)47(56-48)42(30-15-7-2-8-16-30)38-22-21-37(53-38)41(45(33)55-46)29-13-5-1-6-14-29;2*1-2-4-6-5-3-1;2*1-2;/h1-24H;2*1-5H;2*2H,1H3;. The summed E-state index contributed by atoms with van der Waals surface area (Å²) in [5.41, 5.74) is 6.61. The van der Waals surface area contributed by atoms with Gasteiger partial charge in [-0.2, -0.15) is 21.0 Å². The van der Waals surface area contributed by atoms with Gasteiger partial charge in [0, 0.05) is 152 Å². The Labute approximate surface area is 434 Å². The minimum Gasteiger partial charge on any atom is -0.628 e. The van der Waals surface area contributed by atoms with Crippen LogP contribution in [0.5, 0.6) is 0 Å². The van der Waals surface area contributed by atoms with Gasteiger partial charge in [-0.1, -0.05) is 12.1 Å². The first-order valence-corrected chi connectivity index (χ1v) is 22.2. The van der Waals surface area contributed by atoms with E-state index in [9.17, 15) is 21.0 Å². The average molecular weight is 994 g/mol. The SMILES string of the molecule is CO.CO.N#Cc1c2[n-]c(c1C#N)[C+](c1ccccc1)c1ccc([n-]1)[C+](c1ccccc1)c1[n-]c(c(C#N)c1C#N)[C+](c1ccccc1)c1ccc([n-]1)[C+]2c1ccccc1.[Ni].c1ccncc1.c1ccncc1. The van der Waals surface area contributed by atoms with Crippen LogP contribution in [0.3, 0.4) is 0 Å². The Morgan fingerprint density at radius 2 is 0.521 bits per heavy atom. The Morgan fingerprint density at radius 3 is 0.685 bits per heavy atom. The molecule has 1 aliphatic heterocycles. The molecule has 12 nitrogen and oxygen atoms in total. The molecule has 1 aliphatic rings. The number of aliphatic hydroxyl groups is 2. The third kappa shape index (κ3) is 11.4. The Hall–Kier alpha value is -9.85. The van der Waals surface area contributed by atoms with Crippen molar-refractivity contribution in [2.75, 3.05) is 14.2 Å². The number of hydrogen-bond donors (Lipinski definition) is 2. The van der Waals surface area contributed by atoms with Crippen LogP contribution in [0.15, 0.2) is 207 Å². The van der Waals surface area contributed by atoms with Crippen molar-refractivity contribution in [3.8, 4) is 24.3 Å². The maximum atomic E-state index is 10.8. The number of benzene rings is 4. The number of nitrogens with zero attached hydrogens (tertiary/aromatic N) is 10. The predicted octanol–water partition coefficient (Wildman–Crippen LogP) is 8.77. The van der Waals surface area contributed by atoms with Crippen LogP contribution in [0.25, 0.3) is 0 Å². The Bertz CT molecular complexity index is 2950. The number of aliphatic hydroxyl groups excluding tert-OH is 2. The van der Waals surface area contributed by atoms with Crippen LogP contribution >= 0.6 is 0 Å². The molecule has 354 valence electrons. The zero-order valence-electron chi connectivity index (χ0n) is 39.3. The van der Waals surface area contributed by atoms with Gasteiger partial charge in [0.15, 0.2) is 0 Å². The van der Waals surface area contributed by atoms with Gasteiger partial charge in [0.05, 0.1) is 22.3 Å². The van der Waals surface area contributed by atoms with Crippen molar-refractivity contribution >= 4 is 0 Å². The van der Waals surface area contributed by atoms with Gasteiger partial charge < -0.3 is 30.1 Å². The molecular weight excluding hydrogens is 951 g/mol. The van der Waals surface area contributed by atoms with E-state index in [0.29, 0.717) is 69.2 Å². The molecule has 0 amide bonds. The number of hydrogen-bond acceptors (Lipinski definition) is 8. The molecule has 8 bridgehead atoms. The molecular formula is C60H42N10NiO2. The monoisotopic (exact) mass is 992 g/mol. The van der Waals surface area contributed by atoms with Gasteiger partial charge in [-0.15, -0.1) is 0 Å². The summed E-state index contributed by atoms with van der Waals surface area (Å²) in [6.45, 7) is 0. The molecule has 13 heteroatoms. The molecule has 0 aliphatic carbocycles. The fourth-order valence-electron chi connectivity index (χ4n) is 8.03. The van der Waals surface area contributed by atoms with E-state index in [4.69, 9.17) is 30.1 Å². The average Bonchev–Trinajstić information content (AvgIpc) is 4.29. The molecule has 0 radical (unpaired) electrons. The molecule has 0 saturated heterocycles. The second-order valence-corrected chi connectivity index (χ2v) is 15.0. The molecule has 7 heterocycles. The van der Waals surface area contributed by atoms with Crippen molar-refractivity contribution in [3.63, 3.8) is 0 Å². The third-order valence-corrected chi connectivity index (χ3v) is 11.0. The van der Waals surface area contributed by atoms with Crippen molar-refractivity contribution in [1.29, 1.82) is 21.0 Å². The number of aromatic nitrogens is 6. The second kappa shape index (κ2) is 26.2. The van der Waals surface area contributed by atoms with Crippen molar-refractivity contribution in [2.45, 2.75) is 0 Å². The molecule has 2 N–H and O–H groups in total. The first kappa shape index (κ1) is 52.5. The second-order valence-electron chi connectivity index (χ2n) is 15.0. The molecule has 11 rings (SSSR count). The Morgan fingerprint density at radius 1 is 0.315 bits per heavy atom. The summed E-state index contributed by atoms with van der Waals surface area (Å²) in [5.74, 6) is 2.20. The zero-order chi connectivity index (χ0) is 50.7. The van der Waals surface area contributed by atoms with Gasteiger partial charge in [-0.05, 0) is 143 Å². The van der Waals surface area contributed by atoms with E-state index in [0.717, 1.165) is 36.5 Å². The van der Waals surface area contributed by atoms with Crippen LogP contribution in [-0.2, 0) is 16.5 Å². The first-order chi connectivity index (χ1) is 35.6. The molecule has 0 atom stereocenters. The molecule has 0 fully saturated rings. The quantitative estimate of drug-likeness (QED) is 0.125. The molecule has 4 aromatic carbocycles. The van der Waals surface area contributed by atoms with E-state index in [1.165, 1.54) is 0 Å². The van der Waals surface area contributed by atoms with E-state index >= 15 is 0 Å². The molecule has 10 aromatic rings. The van der Waals surface area contributed by atoms with Crippen LogP contribution in [0.2, 0.25) is 0 Å². The summed E-state index contributed by atoms with van der Waals surface area (Å²) in [6.07, 6.45) is 7.00. The van der Waals surface area contributed by atoms with Crippen molar-refractivity contribution in [3.05, 3.63) is 321 Å². The molecule has 6 aromatic heterocycles. The van der Waals surface area contributed by atoms with Gasteiger partial charge in [-0.25, -0.2) is 0 Å². The van der Waals surface area contributed by atoms with Gasteiger partial charge >= 0.3 is 0 Å². The third-order valence-electron chi connectivity index (χ3n) is 11.0. The molecule has 0 unspecified atom stereocenters. The van der Waals surface area contributed by atoms with Gasteiger partial charge in [-0.3, -0.25) is 9.97 Å². The Kier molecular flexibility index (Phi) is 18.9. The van der Waals surface area contributed by atoms with Crippen LogP contribution < -0.4 is 19.9 Å². The maximum Gasteiger partial charge on any atom is 0.149 e. The van der Waals surface area contributed by atoms with E-state index in [-0.39, 0.29) is 38.7 Å². The van der Waals surface area contributed by atoms with Crippen molar-refractivity contribution in [1.82, 2.24) is 29.9 Å². The molecule has 0 spiro atoms. The molecule has 73 heavy (non-hydrogen) atoms. The minimum absolute atomic E-state index is 0. The van der Waals surface area contributed by atoms with E-state index in [2.05, 4.69) is 34.2 Å². The van der Waals surface area contributed by atoms with Gasteiger partial charge in [0.1, 0.15) is 46.5 Å². The first-order valence-electron chi connectivity index (χ1n) is 22.2. The maximum absolute atomic E-state index is 10.8. The van der Waals surface area contributed by atoms with Crippen molar-refractivity contribution in [2.24, 2.45) is 0 Å². The van der Waals surface area contributed by atoms with E-state index < -0.39 is 0 Å². The van der Waals surface area contributed by atoms with E-state index in [1.807, 2.05) is 182 Å². The summed E-state index contributed by atoms with van der Waals surface area (Å²) < 4.78 is 0. The van der Waals surface area contributed by atoms with Crippen LogP contribution in [0.4, 0.5) is 0 Å². The summed E-state index contributed by atoms with van der Waals surface area (Å²) >= 11 is 0. The number of fused-ring (bicyclic) bond motifs is 8. The largest absolute Gasteiger partial charge is 0.628 e. The fourth-order valence-corrected chi connectivity index (χ4v) is 8.03. The van der Waals surface area contributed by atoms with Gasteiger partial charge in [0.25, 0.3) is 0 Å². The number of pyridine rings is 2. The van der Waals surface area contributed by atoms with Crippen LogP contribution in [-0.4, -0.2) is 34.4 Å². The van der Waals surface area contributed by atoms with Gasteiger partial charge in [0.2, 0.25) is 0 Å². The summed E-state index contributed by atoms with van der Waals surface area (Å²) in [6, 6.07) is 66.1. The summed E-state index contributed by atoms with van der Waals surface area (Å²) in [4.78, 5) is 28.3.